The molecule has 4 amide bonds. The topological polar surface area (TPSA) is 113 Å². The largest absolute Gasteiger partial charge is 0.352 e. The van der Waals surface area contributed by atoms with Crippen LogP contribution < -0.4 is 21.9 Å². The summed E-state index contributed by atoms with van der Waals surface area (Å²) in [6, 6.07) is 10.2. The number of hydrogen-bond donors (Lipinski definition) is 4. The first-order valence-electron chi connectivity index (χ1n) is 7.80. The van der Waals surface area contributed by atoms with Crippen molar-refractivity contribution in [3.05, 3.63) is 52.2 Å². The molecule has 5 N–H and O–H groups in total. The number of carbonyl (C=O) groups is 3. The van der Waals surface area contributed by atoms with Crippen molar-refractivity contribution in [2.45, 2.75) is 24.3 Å². The van der Waals surface area contributed by atoms with Crippen LogP contribution in [0.3, 0.4) is 0 Å². The molecule has 0 radical (unpaired) electrons. The molecule has 0 bridgehead atoms. The number of hydrogen-bond acceptors (Lipinski definition) is 5. The van der Waals surface area contributed by atoms with Crippen LogP contribution in [-0.2, 0) is 9.59 Å². The summed E-state index contributed by atoms with van der Waals surface area (Å²) in [5, 5.41) is 4.36. The maximum atomic E-state index is 12.0. The van der Waals surface area contributed by atoms with Crippen molar-refractivity contribution in [1.29, 1.82) is 0 Å². The molecule has 9 heteroatoms. The molecule has 0 fully saturated rings. The number of hydrazine groups is 1. The third kappa shape index (κ3) is 6.77. The fraction of sp³-hybridized carbons (Fsp3) is 0.235. The van der Waals surface area contributed by atoms with Crippen molar-refractivity contribution in [3.8, 4) is 0 Å². The van der Waals surface area contributed by atoms with E-state index in [1.54, 1.807) is 6.07 Å². The Kier molecular flexibility index (Phi) is 7.49. The lowest BCUT2D eigenvalue weighted by Gasteiger charge is -2.16. The SMILES string of the molecule is Cc1ccc(SCC(=O)NNC(=O)CC(NC(N)=O)c2cccs2)cc1. The second-order valence-corrected chi connectivity index (χ2v) is 7.51. The molecule has 0 aliphatic rings. The van der Waals surface area contributed by atoms with Crippen molar-refractivity contribution in [1.82, 2.24) is 16.2 Å². The molecule has 1 unspecified atom stereocenters. The van der Waals surface area contributed by atoms with E-state index in [2.05, 4.69) is 16.2 Å². The lowest BCUT2D eigenvalue weighted by atomic mass is 10.1. The first kappa shape index (κ1) is 19.8. The van der Waals surface area contributed by atoms with E-state index in [9.17, 15) is 14.4 Å². The van der Waals surface area contributed by atoms with Gasteiger partial charge >= 0.3 is 6.03 Å². The Balaban J connectivity index is 1.76. The van der Waals surface area contributed by atoms with E-state index in [1.165, 1.54) is 23.1 Å². The van der Waals surface area contributed by atoms with Crippen molar-refractivity contribution in [2.24, 2.45) is 5.73 Å². The number of aryl methyl sites for hydroxylation is 1. The van der Waals surface area contributed by atoms with Gasteiger partial charge in [-0.05, 0) is 30.5 Å². The quantitative estimate of drug-likeness (QED) is 0.427. The number of thiophene rings is 1. The number of nitrogens with one attached hydrogen (secondary N) is 3. The number of thioether (sulfide) groups is 1. The van der Waals surface area contributed by atoms with Crippen molar-refractivity contribution < 1.29 is 14.4 Å². The van der Waals surface area contributed by atoms with E-state index in [0.29, 0.717) is 0 Å². The van der Waals surface area contributed by atoms with Crippen LogP contribution >= 0.6 is 23.1 Å². The molecule has 138 valence electrons. The summed E-state index contributed by atoms with van der Waals surface area (Å²) in [5.74, 6) is -0.567. The molecule has 0 saturated heterocycles. The first-order valence-corrected chi connectivity index (χ1v) is 9.67. The summed E-state index contributed by atoms with van der Waals surface area (Å²) in [6.45, 7) is 1.99. The van der Waals surface area contributed by atoms with Gasteiger partial charge in [0.25, 0.3) is 0 Å². The molecule has 1 aromatic carbocycles. The maximum Gasteiger partial charge on any atom is 0.312 e. The lowest BCUT2D eigenvalue weighted by molar-refractivity contribution is -0.127. The fourth-order valence-electron chi connectivity index (χ4n) is 2.08. The Morgan fingerprint density at radius 2 is 1.81 bits per heavy atom. The Morgan fingerprint density at radius 1 is 1.12 bits per heavy atom. The predicted octanol–water partition coefficient (Wildman–Crippen LogP) is 2.10. The third-order valence-electron chi connectivity index (χ3n) is 3.32. The van der Waals surface area contributed by atoms with Crippen molar-refractivity contribution >= 4 is 40.9 Å². The zero-order valence-electron chi connectivity index (χ0n) is 14.2. The molecule has 0 spiro atoms. The summed E-state index contributed by atoms with van der Waals surface area (Å²) in [5.41, 5.74) is 11.0. The summed E-state index contributed by atoms with van der Waals surface area (Å²) < 4.78 is 0. The third-order valence-corrected chi connectivity index (χ3v) is 5.32. The number of rotatable bonds is 7. The minimum atomic E-state index is -0.713. The number of primary amides is 1. The average Bonchev–Trinajstić information content (AvgIpc) is 3.13. The van der Waals surface area contributed by atoms with Crippen LogP contribution in [0.4, 0.5) is 4.79 Å². The van der Waals surface area contributed by atoms with Gasteiger partial charge < -0.3 is 11.1 Å². The zero-order valence-corrected chi connectivity index (χ0v) is 15.8. The number of benzene rings is 1. The van der Waals surface area contributed by atoms with Gasteiger partial charge in [-0.15, -0.1) is 23.1 Å². The Morgan fingerprint density at radius 3 is 2.42 bits per heavy atom. The van der Waals surface area contributed by atoms with E-state index in [0.717, 1.165) is 15.3 Å². The van der Waals surface area contributed by atoms with Crippen LogP contribution in [0.1, 0.15) is 22.9 Å². The summed E-state index contributed by atoms with van der Waals surface area (Å²) in [7, 11) is 0. The van der Waals surface area contributed by atoms with Gasteiger partial charge in [0.15, 0.2) is 0 Å². The Hall–Kier alpha value is -2.52. The molecule has 7 nitrogen and oxygen atoms in total. The Labute approximate surface area is 159 Å². The normalized spacial score (nSPS) is 11.4. The van der Waals surface area contributed by atoms with Gasteiger partial charge in [-0.25, -0.2) is 4.79 Å². The Bertz CT molecular complexity index is 748. The number of amides is 4. The summed E-state index contributed by atoms with van der Waals surface area (Å²) in [4.78, 5) is 36.8. The van der Waals surface area contributed by atoms with E-state index in [1.807, 2.05) is 42.6 Å². The first-order chi connectivity index (χ1) is 12.4. The highest BCUT2D eigenvalue weighted by Crippen LogP contribution is 2.21. The minimum absolute atomic E-state index is 0.0329. The van der Waals surface area contributed by atoms with Gasteiger partial charge in [-0.1, -0.05) is 23.8 Å². The molecule has 0 saturated carbocycles. The minimum Gasteiger partial charge on any atom is -0.352 e. The van der Waals surface area contributed by atoms with Gasteiger partial charge in [-0.2, -0.15) is 0 Å². The number of carbonyl (C=O) groups excluding carboxylic acids is 3. The highest BCUT2D eigenvalue weighted by atomic mass is 32.2. The molecular formula is C17H20N4O3S2. The van der Waals surface area contributed by atoms with Gasteiger partial charge in [0.1, 0.15) is 0 Å². The fourth-order valence-corrected chi connectivity index (χ4v) is 3.56. The van der Waals surface area contributed by atoms with Gasteiger partial charge in [0.2, 0.25) is 11.8 Å². The zero-order chi connectivity index (χ0) is 18.9. The highest BCUT2D eigenvalue weighted by molar-refractivity contribution is 8.00. The number of urea groups is 1. The van der Waals surface area contributed by atoms with E-state index in [-0.39, 0.29) is 18.1 Å². The van der Waals surface area contributed by atoms with E-state index in [4.69, 9.17) is 5.73 Å². The monoisotopic (exact) mass is 392 g/mol. The van der Waals surface area contributed by atoms with Gasteiger partial charge in [0, 0.05) is 9.77 Å². The lowest BCUT2D eigenvalue weighted by Crippen LogP contribution is -2.44. The van der Waals surface area contributed by atoms with Crippen LogP contribution in [0, 0.1) is 6.92 Å². The molecule has 1 heterocycles. The van der Waals surface area contributed by atoms with Crippen LogP contribution in [0.25, 0.3) is 0 Å². The van der Waals surface area contributed by atoms with Crippen molar-refractivity contribution in [2.75, 3.05) is 5.75 Å². The van der Waals surface area contributed by atoms with E-state index >= 15 is 0 Å². The van der Waals surface area contributed by atoms with Crippen LogP contribution in [-0.4, -0.2) is 23.6 Å². The molecule has 0 aliphatic heterocycles. The molecule has 1 aromatic heterocycles. The molecule has 26 heavy (non-hydrogen) atoms. The molecule has 2 aromatic rings. The molecular weight excluding hydrogens is 372 g/mol. The maximum absolute atomic E-state index is 12.0. The average molecular weight is 393 g/mol. The van der Waals surface area contributed by atoms with Crippen LogP contribution in [0.2, 0.25) is 0 Å². The van der Waals surface area contributed by atoms with Crippen molar-refractivity contribution in [3.63, 3.8) is 0 Å². The summed E-state index contributed by atoms with van der Waals surface area (Å²) >= 11 is 2.78. The number of nitrogens with two attached hydrogens (primary N) is 1. The highest BCUT2D eigenvalue weighted by Gasteiger charge is 2.18. The summed E-state index contributed by atoms with van der Waals surface area (Å²) in [6.07, 6.45) is -0.0329. The predicted molar refractivity (Wildman–Crippen MR) is 103 cm³/mol. The molecule has 2 rings (SSSR count). The second kappa shape index (κ2) is 9.83. The standard InChI is InChI=1S/C17H20N4O3S2/c1-11-4-6-12(7-5-11)26-10-16(23)21-20-15(22)9-13(19-17(18)24)14-3-2-8-25-14/h2-8,13H,9-10H2,1H3,(H,20,22)(H,21,23)(H3,18,19,24). The van der Waals surface area contributed by atoms with Gasteiger partial charge in [-0.3, -0.25) is 20.4 Å². The van der Waals surface area contributed by atoms with Crippen LogP contribution in [0.5, 0.6) is 0 Å². The van der Waals surface area contributed by atoms with E-state index < -0.39 is 18.0 Å². The van der Waals surface area contributed by atoms with Crippen LogP contribution in [0.15, 0.2) is 46.7 Å². The molecule has 1 atom stereocenters. The van der Waals surface area contributed by atoms with Gasteiger partial charge in [0.05, 0.1) is 18.2 Å². The smallest absolute Gasteiger partial charge is 0.312 e. The molecule has 0 aliphatic carbocycles. The second-order valence-electron chi connectivity index (χ2n) is 5.48.